The summed E-state index contributed by atoms with van der Waals surface area (Å²) in [5.41, 5.74) is 0.502. The Balaban J connectivity index is 3.02. The fraction of sp³-hybridized carbons (Fsp3) is 0.429. The Hall–Kier alpha value is -2.09. The smallest absolute Gasteiger partial charge is 0.310 e. The van der Waals surface area contributed by atoms with Crippen LogP contribution in [0.3, 0.4) is 0 Å². The van der Waals surface area contributed by atoms with Crippen LogP contribution in [-0.2, 0) is 9.53 Å². The molecule has 5 heteroatoms. The number of nitrogens with zero attached hydrogens (tertiary/aromatic N) is 2. The van der Waals surface area contributed by atoms with Crippen molar-refractivity contribution in [3.63, 3.8) is 0 Å². The van der Waals surface area contributed by atoms with Crippen molar-refractivity contribution in [2.24, 2.45) is 5.92 Å². The van der Waals surface area contributed by atoms with Crippen LogP contribution in [0.2, 0.25) is 0 Å². The Kier molecular flexibility index (Phi) is 5.31. The first-order valence-corrected chi connectivity index (χ1v) is 6.06. The zero-order valence-electron chi connectivity index (χ0n) is 11.3. The van der Waals surface area contributed by atoms with Crippen LogP contribution in [0.5, 0.6) is 0 Å². The molecule has 0 aliphatic heterocycles. The third-order valence-corrected chi connectivity index (χ3v) is 2.92. The van der Waals surface area contributed by atoms with Gasteiger partial charge in [0, 0.05) is 13.1 Å². The standard InChI is InChI=1S/C14H17FN2O2/c1-4-17(9-10(2)14(18)19-3)13-7-5-6-12(15)11(13)8-16/h5-7,10H,4,9H2,1-3H3. The maximum absolute atomic E-state index is 13.6. The van der Waals surface area contributed by atoms with E-state index in [-0.39, 0.29) is 17.5 Å². The zero-order valence-corrected chi connectivity index (χ0v) is 11.3. The van der Waals surface area contributed by atoms with Gasteiger partial charge in [-0.15, -0.1) is 0 Å². The Morgan fingerprint density at radius 3 is 2.79 bits per heavy atom. The first-order chi connectivity index (χ1) is 9.04. The van der Waals surface area contributed by atoms with Crippen molar-refractivity contribution in [3.05, 3.63) is 29.6 Å². The lowest BCUT2D eigenvalue weighted by molar-refractivity contribution is -0.144. The summed E-state index contributed by atoms with van der Waals surface area (Å²) in [5, 5.41) is 9.02. The molecule has 0 heterocycles. The minimum absolute atomic E-state index is 0.00131. The zero-order chi connectivity index (χ0) is 14.4. The second-order valence-electron chi connectivity index (χ2n) is 4.21. The fourth-order valence-electron chi connectivity index (χ4n) is 1.89. The number of esters is 1. The van der Waals surface area contributed by atoms with Crippen molar-refractivity contribution < 1.29 is 13.9 Å². The Labute approximate surface area is 112 Å². The molecule has 0 aliphatic carbocycles. The Morgan fingerprint density at radius 1 is 1.58 bits per heavy atom. The summed E-state index contributed by atoms with van der Waals surface area (Å²) in [7, 11) is 1.33. The number of halogens is 1. The van der Waals surface area contributed by atoms with E-state index in [2.05, 4.69) is 4.74 Å². The molecule has 102 valence electrons. The molecule has 19 heavy (non-hydrogen) atoms. The molecule has 1 aromatic carbocycles. The van der Waals surface area contributed by atoms with Crippen LogP contribution in [-0.4, -0.2) is 26.2 Å². The lowest BCUT2D eigenvalue weighted by Gasteiger charge is -2.26. The van der Waals surface area contributed by atoms with Crippen molar-refractivity contribution in [3.8, 4) is 6.07 Å². The molecule has 0 spiro atoms. The monoisotopic (exact) mass is 264 g/mol. The number of carbonyl (C=O) groups is 1. The highest BCUT2D eigenvalue weighted by Crippen LogP contribution is 2.23. The van der Waals surface area contributed by atoms with Gasteiger partial charge in [0.2, 0.25) is 0 Å². The van der Waals surface area contributed by atoms with Gasteiger partial charge >= 0.3 is 5.97 Å². The summed E-state index contributed by atoms with van der Waals surface area (Å²) in [4.78, 5) is 13.2. The molecule has 0 amide bonds. The highest BCUT2D eigenvalue weighted by molar-refractivity contribution is 5.73. The molecule has 0 saturated carbocycles. The molecule has 0 bridgehead atoms. The number of rotatable bonds is 5. The van der Waals surface area contributed by atoms with E-state index in [1.54, 1.807) is 24.0 Å². The molecule has 0 saturated heterocycles. The molecular formula is C14H17FN2O2. The summed E-state index contributed by atoms with van der Waals surface area (Å²) in [6.07, 6.45) is 0. The van der Waals surface area contributed by atoms with Gasteiger partial charge in [-0.05, 0) is 19.1 Å². The van der Waals surface area contributed by atoms with Crippen LogP contribution in [0.1, 0.15) is 19.4 Å². The topological polar surface area (TPSA) is 53.3 Å². The van der Waals surface area contributed by atoms with Gasteiger partial charge in [-0.1, -0.05) is 13.0 Å². The highest BCUT2D eigenvalue weighted by Gasteiger charge is 2.20. The van der Waals surface area contributed by atoms with Crippen LogP contribution in [0, 0.1) is 23.1 Å². The van der Waals surface area contributed by atoms with Gasteiger partial charge in [0.1, 0.15) is 17.4 Å². The van der Waals surface area contributed by atoms with Crippen molar-refractivity contribution in [1.82, 2.24) is 0 Å². The number of ether oxygens (including phenoxy) is 1. The van der Waals surface area contributed by atoms with Crippen molar-refractivity contribution in [2.45, 2.75) is 13.8 Å². The van der Waals surface area contributed by atoms with Gasteiger partial charge in [-0.2, -0.15) is 5.26 Å². The number of hydrogen-bond donors (Lipinski definition) is 0. The molecule has 0 aliphatic rings. The molecule has 1 rings (SSSR count). The summed E-state index contributed by atoms with van der Waals surface area (Å²) in [6, 6.07) is 6.34. The molecule has 0 fully saturated rings. The van der Waals surface area contributed by atoms with Crippen LogP contribution in [0.4, 0.5) is 10.1 Å². The van der Waals surface area contributed by atoms with Gasteiger partial charge < -0.3 is 9.64 Å². The minimum atomic E-state index is -0.552. The van der Waals surface area contributed by atoms with Crippen LogP contribution in [0.25, 0.3) is 0 Å². The summed E-state index contributed by atoms with van der Waals surface area (Å²) in [5.74, 6) is -1.22. The molecule has 1 atom stereocenters. The number of hydrogen-bond acceptors (Lipinski definition) is 4. The van der Waals surface area contributed by atoms with E-state index in [0.29, 0.717) is 18.8 Å². The molecule has 0 aromatic heterocycles. The molecule has 4 nitrogen and oxygen atoms in total. The third kappa shape index (κ3) is 3.44. The number of benzene rings is 1. The van der Waals surface area contributed by atoms with Crippen molar-refractivity contribution in [2.75, 3.05) is 25.1 Å². The maximum Gasteiger partial charge on any atom is 0.310 e. The number of nitriles is 1. The number of anilines is 1. The average Bonchev–Trinajstić information content (AvgIpc) is 2.43. The quantitative estimate of drug-likeness (QED) is 0.766. The van der Waals surface area contributed by atoms with E-state index in [9.17, 15) is 9.18 Å². The van der Waals surface area contributed by atoms with Gasteiger partial charge in [0.25, 0.3) is 0 Å². The van der Waals surface area contributed by atoms with Gasteiger partial charge in [-0.3, -0.25) is 4.79 Å². The minimum Gasteiger partial charge on any atom is -0.469 e. The van der Waals surface area contributed by atoms with E-state index in [0.717, 1.165) is 0 Å². The summed E-state index contributed by atoms with van der Waals surface area (Å²) < 4.78 is 18.2. The van der Waals surface area contributed by atoms with Crippen LogP contribution < -0.4 is 4.90 Å². The largest absolute Gasteiger partial charge is 0.469 e. The second kappa shape index (κ2) is 6.74. The normalized spacial score (nSPS) is 11.5. The highest BCUT2D eigenvalue weighted by atomic mass is 19.1. The SMILES string of the molecule is CCN(CC(C)C(=O)OC)c1cccc(F)c1C#N. The predicted octanol–water partition coefficient (Wildman–Crippen LogP) is 2.33. The van der Waals surface area contributed by atoms with E-state index in [1.807, 2.05) is 13.0 Å². The van der Waals surface area contributed by atoms with Gasteiger partial charge in [0.05, 0.1) is 18.7 Å². The van der Waals surface area contributed by atoms with Crippen LogP contribution >= 0.6 is 0 Å². The summed E-state index contributed by atoms with van der Waals surface area (Å²) in [6.45, 7) is 4.57. The van der Waals surface area contributed by atoms with Crippen molar-refractivity contribution in [1.29, 1.82) is 5.26 Å². The fourth-order valence-corrected chi connectivity index (χ4v) is 1.89. The van der Waals surface area contributed by atoms with Crippen LogP contribution in [0.15, 0.2) is 18.2 Å². The van der Waals surface area contributed by atoms with E-state index < -0.39 is 5.82 Å². The first-order valence-electron chi connectivity index (χ1n) is 6.06. The molecule has 0 N–H and O–H groups in total. The van der Waals surface area contributed by atoms with Crippen molar-refractivity contribution >= 4 is 11.7 Å². The first kappa shape index (κ1) is 15.0. The third-order valence-electron chi connectivity index (χ3n) is 2.92. The average molecular weight is 264 g/mol. The molecular weight excluding hydrogens is 247 g/mol. The Morgan fingerprint density at radius 2 is 2.26 bits per heavy atom. The molecule has 1 unspecified atom stereocenters. The lowest BCUT2D eigenvalue weighted by Crippen LogP contribution is -2.32. The van der Waals surface area contributed by atoms with E-state index in [4.69, 9.17) is 5.26 Å². The lowest BCUT2D eigenvalue weighted by atomic mass is 10.1. The number of carbonyl (C=O) groups excluding carboxylic acids is 1. The van der Waals surface area contributed by atoms with Gasteiger partial charge in [-0.25, -0.2) is 4.39 Å². The van der Waals surface area contributed by atoms with E-state index >= 15 is 0 Å². The molecule has 0 radical (unpaired) electrons. The summed E-state index contributed by atoms with van der Waals surface area (Å²) >= 11 is 0. The Bertz CT molecular complexity index is 497. The van der Waals surface area contributed by atoms with E-state index in [1.165, 1.54) is 13.2 Å². The predicted molar refractivity (Wildman–Crippen MR) is 70.2 cm³/mol. The maximum atomic E-state index is 13.6. The van der Waals surface area contributed by atoms with Gasteiger partial charge in [0.15, 0.2) is 0 Å². The molecule has 1 aromatic rings. The number of methoxy groups -OCH3 is 1. The second-order valence-corrected chi connectivity index (χ2v) is 4.21.